The summed E-state index contributed by atoms with van der Waals surface area (Å²) >= 11 is 1.48. The van der Waals surface area contributed by atoms with Crippen molar-refractivity contribution in [1.82, 2.24) is 0 Å². The Morgan fingerprint density at radius 1 is 1.06 bits per heavy atom. The van der Waals surface area contributed by atoms with Gasteiger partial charge in [0, 0.05) is 0 Å². The molecule has 4 heteroatoms. The maximum Gasteiger partial charge on any atom is 0.135 e. The molecule has 0 spiro atoms. The molecule has 0 aliphatic rings. The molecule has 1 atom stereocenters. The van der Waals surface area contributed by atoms with E-state index in [1.807, 2.05) is 35.7 Å². The summed E-state index contributed by atoms with van der Waals surface area (Å²) in [6.07, 6.45) is -0.657. The minimum absolute atomic E-state index is 0.657. The Bertz CT molecular complexity index is 476. The van der Waals surface area contributed by atoms with Crippen LogP contribution in [-0.4, -0.2) is 19.3 Å². The van der Waals surface area contributed by atoms with Crippen molar-refractivity contribution in [2.24, 2.45) is 0 Å². The average molecular weight is 250 g/mol. The van der Waals surface area contributed by atoms with Crippen LogP contribution in [0.4, 0.5) is 0 Å². The van der Waals surface area contributed by atoms with Crippen LogP contribution in [0.2, 0.25) is 0 Å². The number of benzene rings is 1. The van der Waals surface area contributed by atoms with Gasteiger partial charge in [-0.25, -0.2) is 0 Å². The third-order valence-electron chi connectivity index (χ3n) is 2.56. The molecule has 90 valence electrons. The molecule has 1 unspecified atom stereocenters. The topological polar surface area (TPSA) is 38.7 Å². The molecule has 0 saturated carbocycles. The fraction of sp³-hybridized carbons (Fsp3) is 0.231. The Balaban J connectivity index is 2.27. The molecule has 0 saturated heterocycles. The lowest BCUT2D eigenvalue weighted by molar-refractivity contribution is 0.219. The number of hydrogen-bond acceptors (Lipinski definition) is 4. The van der Waals surface area contributed by atoms with Crippen molar-refractivity contribution in [3.8, 4) is 11.5 Å². The molecule has 0 amide bonds. The second-order valence-corrected chi connectivity index (χ2v) is 4.48. The fourth-order valence-electron chi connectivity index (χ4n) is 1.61. The van der Waals surface area contributed by atoms with Crippen LogP contribution in [0.3, 0.4) is 0 Å². The van der Waals surface area contributed by atoms with Crippen molar-refractivity contribution in [3.63, 3.8) is 0 Å². The quantitative estimate of drug-likeness (QED) is 0.906. The molecule has 2 aromatic rings. The second-order valence-electron chi connectivity index (χ2n) is 3.53. The fourth-order valence-corrected chi connectivity index (χ4v) is 2.49. The highest BCUT2D eigenvalue weighted by atomic mass is 32.1. The van der Waals surface area contributed by atoms with Gasteiger partial charge in [0.05, 0.1) is 19.1 Å². The van der Waals surface area contributed by atoms with Crippen LogP contribution in [0.25, 0.3) is 0 Å². The number of ether oxygens (including phenoxy) is 2. The third kappa shape index (κ3) is 2.43. The van der Waals surface area contributed by atoms with E-state index < -0.39 is 6.10 Å². The highest BCUT2D eigenvalue weighted by molar-refractivity contribution is 7.10. The third-order valence-corrected chi connectivity index (χ3v) is 3.51. The van der Waals surface area contributed by atoms with Crippen LogP contribution in [-0.2, 0) is 0 Å². The SMILES string of the molecule is COc1ccc(C(O)c2sccc2OC)cc1. The summed E-state index contributed by atoms with van der Waals surface area (Å²) in [5, 5.41) is 12.1. The van der Waals surface area contributed by atoms with Gasteiger partial charge < -0.3 is 14.6 Å². The molecule has 1 aromatic heterocycles. The maximum absolute atomic E-state index is 10.2. The van der Waals surface area contributed by atoms with Crippen LogP contribution in [0.1, 0.15) is 16.5 Å². The number of aliphatic hydroxyl groups excluding tert-OH is 1. The zero-order chi connectivity index (χ0) is 12.3. The monoisotopic (exact) mass is 250 g/mol. The highest BCUT2D eigenvalue weighted by Gasteiger charge is 2.16. The van der Waals surface area contributed by atoms with Gasteiger partial charge in [-0.05, 0) is 29.1 Å². The summed E-state index contributed by atoms with van der Waals surface area (Å²) in [5.41, 5.74) is 0.826. The minimum Gasteiger partial charge on any atom is -0.497 e. The highest BCUT2D eigenvalue weighted by Crippen LogP contribution is 2.34. The standard InChI is InChI=1S/C13H14O3S/c1-15-10-5-3-9(4-6-10)12(14)13-11(16-2)7-8-17-13/h3-8,12,14H,1-2H3. The van der Waals surface area contributed by atoms with Crippen LogP contribution in [0.5, 0.6) is 11.5 Å². The van der Waals surface area contributed by atoms with E-state index in [4.69, 9.17) is 9.47 Å². The van der Waals surface area contributed by atoms with E-state index in [0.717, 1.165) is 21.9 Å². The summed E-state index contributed by atoms with van der Waals surface area (Å²) in [4.78, 5) is 0.817. The van der Waals surface area contributed by atoms with Gasteiger partial charge in [0.25, 0.3) is 0 Å². The van der Waals surface area contributed by atoms with Crippen LogP contribution >= 0.6 is 11.3 Å². The lowest BCUT2D eigenvalue weighted by Crippen LogP contribution is -1.99. The van der Waals surface area contributed by atoms with E-state index in [1.54, 1.807) is 14.2 Å². The summed E-state index contributed by atoms with van der Waals surface area (Å²) in [5.74, 6) is 1.50. The van der Waals surface area contributed by atoms with Gasteiger partial charge in [-0.2, -0.15) is 0 Å². The van der Waals surface area contributed by atoms with Crippen molar-refractivity contribution in [1.29, 1.82) is 0 Å². The first kappa shape index (κ1) is 12.0. The van der Waals surface area contributed by atoms with E-state index >= 15 is 0 Å². The van der Waals surface area contributed by atoms with Gasteiger partial charge >= 0.3 is 0 Å². The zero-order valence-corrected chi connectivity index (χ0v) is 10.5. The van der Waals surface area contributed by atoms with Gasteiger partial charge in [0.1, 0.15) is 17.6 Å². The summed E-state index contributed by atoms with van der Waals surface area (Å²) < 4.78 is 10.3. The second kappa shape index (κ2) is 5.21. The molecule has 0 aliphatic heterocycles. The normalized spacial score (nSPS) is 12.2. The van der Waals surface area contributed by atoms with E-state index in [2.05, 4.69) is 0 Å². The largest absolute Gasteiger partial charge is 0.497 e. The van der Waals surface area contributed by atoms with Crippen molar-refractivity contribution in [2.75, 3.05) is 14.2 Å². The number of thiophene rings is 1. The summed E-state index contributed by atoms with van der Waals surface area (Å²) in [6.45, 7) is 0. The van der Waals surface area contributed by atoms with Crippen molar-refractivity contribution in [2.45, 2.75) is 6.10 Å². The van der Waals surface area contributed by atoms with Crippen molar-refractivity contribution in [3.05, 3.63) is 46.2 Å². The Morgan fingerprint density at radius 2 is 1.76 bits per heavy atom. The lowest BCUT2D eigenvalue weighted by atomic mass is 10.1. The number of rotatable bonds is 4. The first-order valence-electron chi connectivity index (χ1n) is 5.19. The van der Waals surface area contributed by atoms with Crippen molar-refractivity contribution < 1.29 is 14.6 Å². The molecule has 0 aliphatic carbocycles. The van der Waals surface area contributed by atoms with Crippen LogP contribution in [0, 0.1) is 0 Å². The zero-order valence-electron chi connectivity index (χ0n) is 9.71. The molecule has 17 heavy (non-hydrogen) atoms. The Hall–Kier alpha value is -1.52. The number of aliphatic hydroxyl groups is 1. The van der Waals surface area contributed by atoms with Gasteiger partial charge in [0.2, 0.25) is 0 Å². The average Bonchev–Trinajstić information content (AvgIpc) is 2.86. The van der Waals surface area contributed by atoms with E-state index in [9.17, 15) is 5.11 Å². The summed E-state index contributed by atoms with van der Waals surface area (Å²) in [6, 6.07) is 9.22. The number of hydrogen-bond donors (Lipinski definition) is 1. The van der Waals surface area contributed by atoms with E-state index in [1.165, 1.54) is 11.3 Å². The number of methoxy groups -OCH3 is 2. The molecule has 1 aromatic carbocycles. The first-order valence-corrected chi connectivity index (χ1v) is 6.07. The molecule has 0 radical (unpaired) electrons. The predicted octanol–water partition coefficient (Wildman–Crippen LogP) is 2.85. The molecule has 3 nitrogen and oxygen atoms in total. The van der Waals surface area contributed by atoms with Gasteiger partial charge in [-0.15, -0.1) is 11.3 Å². The maximum atomic E-state index is 10.2. The lowest BCUT2D eigenvalue weighted by Gasteiger charge is -2.11. The van der Waals surface area contributed by atoms with Crippen LogP contribution in [0.15, 0.2) is 35.7 Å². The predicted molar refractivity (Wildman–Crippen MR) is 67.9 cm³/mol. The Morgan fingerprint density at radius 3 is 2.35 bits per heavy atom. The summed E-state index contributed by atoms with van der Waals surface area (Å²) in [7, 11) is 3.22. The molecule has 2 rings (SSSR count). The van der Waals surface area contributed by atoms with Gasteiger partial charge in [0.15, 0.2) is 0 Å². The smallest absolute Gasteiger partial charge is 0.135 e. The molecule has 0 bridgehead atoms. The minimum atomic E-state index is -0.657. The van der Waals surface area contributed by atoms with Gasteiger partial charge in [-0.1, -0.05) is 12.1 Å². The molecule has 0 fully saturated rings. The Kier molecular flexibility index (Phi) is 3.66. The first-order chi connectivity index (χ1) is 8.26. The van der Waals surface area contributed by atoms with Crippen LogP contribution < -0.4 is 9.47 Å². The van der Waals surface area contributed by atoms with Crippen molar-refractivity contribution >= 4 is 11.3 Å². The molecular formula is C13H14O3S. The molecular weight excluding hydrogens is 236 g/mol. The molecule has 1 N–H and O–H groups in total. The Labute approximate surface area is 104 Å². The van der Waals surface area contributed by atoms with E-state index in [-0.39, 0.29) is 0 Å². The van der Waals surface area contributed by atoms with Gasteiger partial charge in [-0.3, -0.25) is 0 Å². The molecule has 1 heterocycles. The van der Waals surface area contributed by atoms with E-state index in [0.29, 0.717) is 0 Å².